The van der Waals surface area contributed by atoms with Gasteiger partial charge < -0.3 is 10.1 Å². The van der Waals surface area contributed by atoms with Crippen molar-refractivity contribution >= 4 is 15.9 Å². The SMILES string of the molecule is CCc1ccc(COc2ccc(Br)cc2CNC)cc1. The molecule has 20 heavy (non-hydrogen) atoms. The highest BCUT2D eigenvalue weighted by Crippen LogP contribution is 2.24. The molecule has 0 aromatic heterocycles. The molecule has 3 heteroatoms. The van der Waals surface area contributed by atoms with Crippen molar-refractivity contribution in [1.82, 2.24) is 5.32 Å². The number of hydrogen-bond donors (Lipinski definition) is 1. The largest absolute Gasteiger partial charge is 0.489 e. The second-order valence-electron chi connectivity index (χ2n) is 4.74. The molecule has 0 heterocycles. The molecule has 0 aliphatic carbocycles. The predicted octanol–water partition coefficient (Wildman–Crippen LogP) is 4.31. The molecule has 1 N–H and O–H groups in total. The fourth-order valence-electron chi connectivity index (χ4n) is 2.05. The third-order valence-corrected chi connectivity index (χ3v) is 3.71. The minimum atomic E-state index is 0.600. The first-order valence-corrected chi connectivity index (χ1v) is 7.66. The minimum Gasteiger partial charge on any atom is -0.489 e. The number of halogens is 1. The third kappa shape index (κ3) is 4.09. The standard InChI is InChI=1S/C17H20BrNO/c1-3-13-4-6-14(7-5-13)12-20-17-9-8-16(18)10-15(17)11-19-2/h4-10,19H,3,11-12H2,1-2H3. The van der Waals surface area contributed by atoms with Gasteiger partial charge in [0.1, 0.15) is 12.4 Å². The summed E-state index contributed by atoms with van der Waals surface area (Å²) in [4.78, 5) is 0. The number of rotatable bonds is 6. The van der Waals surface area contributed by atoms with Gasteiger partial charge in [0.15, 0.2) is 0 Å². The number of nitrogens with one attached hydrogen (secondary N) is 1. The highest BCUT2D eigenvalue weighted by atomic mass is 79.9. The second-order valence-corrected chi connectivity index (χ2v) is 5.66. The Bertz CT molecular complexity index is 551. The van der Waals surface area contributed by atoms with Gasteiger partial charge in [0, 0.05) is 16.6 Å². The van der Waals surface area contributed by atoms with E-state index in [1.807, 2.05) is 19.2 Å². The van der Waals surface area contributed by atoms with Gasteiger partial charge in [0.05, 0.1) is 0 Å². The lowest BCUT2D eigenvalue weighted by Gasteiger charge is -2.12. The highest BCUT2D eigenvalue weighted by molar-refractivity contribution is 9.10. The van der Waals surface area contributed by atoms with E-state index >= 15 is 0 Å². The summed E-state index contributed by atoms with van der Waals surface area (Å²) >= 11 is 3.49. The number of ether oxygens (including phenoxy) is 1. The van der Waals surface area contributed by atoms with E-state index in [4.69, 9.17) is 4.74 Å². The third-order valence-electron chi connectivity index (χ3n) is 3.22. The van der Waals surface area contributed by atoms with Crippen LogP contribution < -0.4 is 10.1 Å². The van der Waals surface area contributed by atoms with Crippen molar-refractivity contribution in [2.24, 2.45) is 0 Å². The van der Waals surface area contributed by atoms with Crippen molar-refractivity contribution < 1.29 is 4.74 Å². The van der Waals surface area contributed by atoms with Crippen molar-refractivity contribution in [3.8, 4) is 5.75 Å². The lowest BCUT2D eigenvalue weighted by Crippen LogP contribution is -2.07. The number of hydrogen-bond acceptors (Lipinski definition) is 2. The Labute approximate surface area is 129 Å². The Balaban J connectivity index is 2.05. The lowest BCUT2D eigenvalue weighted by atomic mass is 10.1. The first kappa shape index (κ1) is 15.1. The average Bonchev–Trinajstić information content (AvgIpc) is 2.47. The molecule has 2 nitrogen and oxygen atoms in total. The summed E-state index contributed by atoms with van der Waals surface area (Å²) in [7, 11) is 1.94. The van der Waals surface area contributed by atoms with E-state index in [0.29, 0.717) is 6.61 Å². The quantitative estimate of drug-likeness (QED) is 0.850. The number of aryl methyl sites for hydroxylation is 1. The van der Waals surface area contributed by atoms with Crippen molar-refractivity contribution in [3.63, 3.8) is 0 Å². The molecule has 0 atom stereocenters. The van der Waals surface area contributed by atoms with Gasteiger partial charge in [-0.15, -0.1) is 0 Å². The molecule has 0 spiro atoms. The summed E-state index contributed by atoms with van der Waals surface area (Å²) in [5, 5.41) is 3.16. The van der Waals surface area contributed by atoms with Crippen LogP contribution in [0.5, 0.6) is 5.75 Å². The van der Waals surface area contributed by atoms with Crippen molar-refractivity contribution in [1.29, 1.82) is 0 Å². The van der Waals surface area contributed by atoms with E-state index in [1.54, 1.807) is 0 Å². The Morgan fingerprint density at radius 1 is 1.05 bits per heavy atom. The molecule has 0 aliphatic heterocycles. The Kier molecular flexibility index (Phi) is 5.62. The van der Waals surface area contributed by atoms with E-state index < -0.39 is 0 Å². The molecule has 2 aromatic carbocycles. The molecule has 0 fully saturated rings. The molecule has 106 valence electrons. The van der Waals surface area contributed by atoms with Crippen LogP contribution in [-0.4, -0.2) is 7.05 Å². The van der Waals surface area contributed by atoms with Crippen molar-refractivity contribution in [2.75, 3.05) is 7.05 Å². The summed E-state index contributed by atoms with van der Waals surface area (Å²) in [6, 6.07) is 14.7. The van der Waals surface area contributed by atoms with Gasteiger partial charge in [0.25, 0.3) is 0 Å². The monoisotopic (exact) mass is 333 g/mol. The van der Waals surface area contributed by atoms with E-state index in [0.717, 1.165) is 28.8 Å². The van der Waals surface area contributed by atoms with Crippen LogP contribution in [0.4, 0.5) is 0 Å². The Hall–Kier alpha value is -1.32. The Morgan fingerprint density at radius 3 is 2.40 bits per heavy atom. The molecule has 0 unspecified atom stereocenters. The summed E-state index contributed by atoms with van der Waals surface area (Å²) in [5.41, 5.74) is 3.71. The zero-order valence-electron chi connectivity index (χ0n) is 11.9. The highest BCUT2D eigenvalue weighted by Gasteiger charge is 2.04. The molecule has 0 amide bonds. The van der Waals surface area contributed by atoms with E-state index in [9.17, 15) is 0 Å². The normalized spacial score (nSPS) is 10.6. The summed E-state index contributed by atoms with van der Waals surface area (Å²) in [5.74, 6) is 0.933. The van der Waals surface area contributed by atoms with Crippen LogP contribution in [0.2, 0.25) is 0 Å². The smallest absolute Gasteiger partial charge is 0.124 e. The van der Waals surface area contributed by atoms with Crippen LogP contribution in [0.25, 0.3) is 0 Å². The van der Waals surface area contributed by atoms with E-state index in [-0.39, 0.29) is 0 Å². The minimum absolute atomic E-state index is 0.600. The zero-order valence-corrected chi connectivity index (χ0v) is 13.5. The second kappa shape index (κ2) is 7.46. The maximum Gasteiger partial charge on any atom is 0.124 e. The summed E-state index contributed by atoms with van der Waals surface area (Å²) in [6.07, 6.45) is 1.07. The van der Waals surface area contributed by atoms with Crippen molar-refractivity contribution in [3.05, 3.63) is 63.6 Å². The molecule has 2 rings (SSSR count). The molecule has 0 saturated carbocycles. The fraction of sp³-hybridized carbons (Fsp3) is 0.294. The molecule has 0 radical (unpaired) electrons. The van der Waals surface area contributed by atoms with Gasteiger partial charge in [-0.2, -0.15) is 0 Å². The molecule has 0 aliphatic rings. The molecule has 2 aromatic rings. The van der Waals surface area contributed by atoms with E-state index in [1.165, 1.54) is 11.1 Å². The molecular formula is C17H20BrNO. The van der Waals surface area contributed by atoms with Crippen LogP contribution in [0.3, 0.4) is 0 Å². The van der Waals surface area contributed by atoms with Crippen LogP contribution in [0.1, 0.15) is 23.6 Å². The molecule has 0 bridgehead atoms. The molecular weight excluding hydrogens is 314 g/mol. The lowest BCUT2D eigenvalue weighted by molar-refractivity contribution is 0.302. The van der Waals surface area contributed by atoms with E-state index in [2.05, 4.69) is 58.5 Å². The maximum absolute atomic E-state index is 5.94. The fourth-order valence-corrected chi connectivity index (χ4v) is 2.46. The van der Waals surface area contributed by atoms with Crippen LogP contribution in [0.15, 0.2) is 46.9 Å². The van der Waals surface area contributed by atoms with Crippen LogP contribution >= 0.6 is 15.9 Å². The number of benzene rings is 2. The molecule has 0 saturated heterocycles. The first-order chi connectivity index (χ1) is 9.72. The summed E-state index contributed by atoms with van der Waals surface area (Å²) in [6.45, 7) is 3.56. The Morgan fingerprint density at radius 2 is 1.75 bits per heavy atom. The van der Waals surface area contributed by atoms with Crippen molar-refractivity contribution in [2.45, 2.75) is 26.5 Å². The van der Waals surface area contributed by atoms with Gasteiger partial charge in [-0.05, 0) is 42.8 Å². The van der Waals surface area contributed by atoms with Gasteiger partial charge in [-0.3, -0.25) is 0 Å². The van der Waals surface area contributed by atoms with Gasteiger partial charge in [0.2, 0.25) is 0 Å². The van der Waals surface area contributed by atoms with Gasteiger partial charge >= 0.3 is 0 Å². The average molecular weight is 334 g/mol. The summed E-state index contributed by atoms with van der Waals surface area (Å²) < 4.78 is 7.02. The van der Waals surface area contributed by atoms with Crippen LogP contribution in [0, 0.1) is 0 Å². The topological polar surface area (TPSA) is 21.3 Å². The van der Waals surface area contributed by atoms with Gasteiger partial charge in [-0.25, -0.2) is 0 Å². The van der Waals surface area contributed by atoms with Gasteiger partial charge in [-0.1, -0.05) is 47.1 Å². The zero-order chi connectivity index (χ0) is 14.4. The van der Waals surface area contributed by atoms with Crippen LogP contribution in [-0.2, 0) is 19.6 Å². The first-order valence-electron chi connectivity index (χ1n) is 6.86. The maximum atomic E-state index is 5.94. The predicted molar refractivity (Wildman–Crippen MR) is 87.1 cm³/mol.